The Kier molecular flexibility index (Phi) is 5.92. The highest BCUT2D eigenvalue weighted by atomic mass is 35.5. The Morgan fingerprint density at radius 3 is 2.84 bits per heavy atom. The van der Waals surface area contributed by atoms with Crippen LogP contribution in [0.25, 0.3) is 0 Å². The van der Waals surface area contributed by atoms with Gasteiger partial charge in [0.1, 0.15) is 27.3 Å². The summed E-state index contributed by atoms with van der Waals surface area (Å²) < 4.78 is 0.607. The maximum Gasteiger partial charge on any atom is 0.353 e. The van der Waals surface area contributed by atoms with Gasteiger partial charge in [-0.05, 0) is 18.0 Å². The van der Waals surface area contributed by atoms with E-state index >= 15 is 0 Å². The number of nitrogens with one attached hydrogen (secondary N) is 1. The Balaban J connectivity index is 1.52. The molecule has 16 heteroatoms. The van der Waals surface area contributed by atoms with Crippen molar-refractivity contribution in [2.45, 2.75) is 35.3 Å². The predicted octanol–water partition coefficient (Wildman–Crippen LogP) is 1.62. The number of β-lactam (4-membered cyclic amide) rings is 1. The molecule has 4 heterocycles. The smallest absolute Gasteiger partial charge is 0.353 e. The molecule has 31 heavy (non-hydrogen) atoms. The lowest BCUT2D eigenvalue weighted by molar-refractivity contribution is -0.156. The molecule has 3 atom stereocenters. The van der Waals surface area contributed by atoms with Gasteiger partial charge in [0.25, 0.3) is 11.8 Å². The third kappa shape index (κ3) is 3.88. The van der Waals surface area contributed by atoms with Crippen molar-refractivity contribution in [2.75, 3.05) is 5.73 Å². The van der Waals surface area contributed by atoms with Gasteiger partial charge in [-0.15, -0.1) is 15.1 Å². The second-order valence-corrected chi connectivity index (χ2v) is 10.2. The molecular weight excluding hydrogens is 490 g/mol. The average molecular weight is 502 g/mol. The van der Waals surface area contributed by atoms with Crippen LogP contribution in [0.1, 0.15) is 24.6 Å². The fraction of sp³-hybridized carbons (Fsp3) is 0.333. The predicted molar refractivity (Wildman–Crippen MR) is 112 cm³/mol. The number of amides is 2. The number of nitrogen functional groups attached to an aromatic ring is 1. The van der Waals surface area contributed by atoms with Crippen molar-refractivity contribution in [3.8, 4) is 0 Å². The third-order valence-corrected chi connectivity index (χ3v) is 7.72. The number of fused-ring (bicyclic) bond motifs is 1. The lowest BCUT2D eigenvalue weighted by Gasteiger charge is -2.50. The molecule has 2 aliphatic rings. The summed E-state index contributed by atoms with van der Waals surface area (Å²) >= 11 is 9.24. The van der Waals surface area contributed by atoms with Crippen molar-refractivity contribution in [1.29, 1.82) is 0 Å². The number of thioether (sulfide) groups is 1. The van der Waals surface area contributed by atoms with E-state index in [1.165, 1.54) is 16.8 Å². The first-order valence-electron chi connectivity index (χ1n) is 8.59. The molecule has 0 radical (unpaired) electrons. The van der Waals surface area contributed by atoms with E-state index in [0.29, 0.717) is 22.1 Å². The number of carbonyl (C=O) groups excluding carboxylic acids is 2. The number of halogens is 1. The standard InChI is InChI=1S/C15H12ClN7O5S3/c16-10-7(20-14(17)31-10)8(22-28)11(24)19-6-4-1-2-5(30-15-21-18-3-29-15)9(13(26)27)23(4)12(6)25/h3-4,6,8H,1-2H2,(H2,17,20)(H,19,24)(H,26,27). The number of nitroso groups, excluding NO2 is 1. The molecule has 2 aromatic heterocycles. The molecule has 3 unspecified atom stereocenters. The molecule has 4 rings (SSSR count). The van der Waals surface area contributed by atoms with Crippen molar-refractivity contribution in [1.82, 2.24) is 25.4 Å². The number of aromatic nitrogens is 3. The molecule has 1 fully saturated rings. The lowest BCUT2D eigenvalue weighted by atomic mass is 9.86. The van der Waals surface area contributed by atoms with Crippen LogP contribution < -0.4 is 11.1 Å². The van der Waals surface area contributed by atoms with E-state index in [-0.39, 0.29) is 20.9 Å². The zero-order valence-corrected chi connectivity index (χ0v) is 18.4. The second-order valence-electron chi connectivity index (χ2n) is 6.40. The lowest BCUT2D eigenvalue weighted by Crippen LogP contribution is -2.71. The SMILES string of the molecule is Nc1nc(C(N=O)C(=O)NC2C(=O)N3C(C(=O)O)=C(Sc4nncs4)CCC23)c(Cl)s1. The van der Waals surface area contributed by atoms with Crippen molar-refractivity contribution >= 4 is 69.0 Å². The van der Waals surface area contributed by atoms with Crippen LogP contribution in [0.3, 0.4) is 0 Å². The number of nitrogens with two attached hydrogens (primary N) is 1. The molecule has 0 aliphatic carbocycles. The molecule has 162 valence electrons. The second kappa shape index (κ2) is 8.49. The number of nitrogens with zero attached hydrogens (tertiary/aromatic N) is 5. The van der Waals surface area contributed by atoms with E-state index in [9.17, 15) is 24.4 Å². The molecule has 0 saturated carbocycles. The number of carboxylic acid groups (broad SMARTS) is 1. The van der Waals surface area contributed by atoms with E-state index in [2.05, 4.69) is 25.7 Å². The molecule has 2 aromatic rings. The summed E-state index contributed by atoms with van der Waals surface area (Å²) in [4.78, 5) is 53.9. The number of carboxylic acids is 1. The van der Waals surface area contributed by atoms with E-state index in [1.807, 2.05) is 0 Å². The number of hydrogen-bond acceptors (Lipinski definition) is 12. The minimum Gasteiger partial charge on any atom is -0.477 e. The summed E-state index contributed by atoms with van der Waals surface area (Å²) in [5.41, 5.74) is 6.83. The zero-order valence-electron chi connectivity index (χ0n) is 15.2. The van der Waals surface area contributed by atoms with Gasteiger partial charge in [0.05, 0.1) is 6.04 Å². The average Bonchev–Trinajstić information content (AvgIpc) is 3.35. The van der Waals surface area contributed by atoms with Crippen molar-refractivity contribution < 1.29 is 19.5 Å². The Morgan fingerprint density at radius 2 is 2.26 bits per heavy atom. The molecule has 1 saturated heterocycles. The van der Waals surface area contributed by atoms with Crippen LogP contribution in [-0.4, -0.2) is 55.1 Å². The van der Waals surface area contributed by atoms with Gasteiger partial charge in [-0.3, -0.25) is 14.5 Å². The summed E-state index contributed by atoms with van der Waals surface area (Å²) in [7, 11) is 0. The highest BCUT2D eigenvalue weighted by Gasteiger charge is 2.54. The van der Waals surface area contributed by atoms with E-state index in [1.54, 1.807) is 0 Å². The van der Waals surface area contributed by atoms with Crippen LogP contribution in [0.4, 0.5) is 5.13 Å². The molecule has 4 N–H and O–H groups in total. The van der Waals surface area contributed by atoms with Crippen LogP contribution >= 0.6 is 46.0 Å². The number of allylic oxidation sites excluding steroid dienone is 1. The fourth-order valence-corrected chi connectivity index (χ4v) is 6.07. The molecule has 0 spiro atoms. The number of anilines is 1. The molecule has 12 nitrogen and oxygen atoms in total. The van der Waals surface area contributed by atoms with E-state index in [4.69, 9.17) is 17.3 Å². The summed E-state index contributed by atoms with van der Waals surface area (Å²) in [6.07, 6.45) is 0.786. The Morgan fingerprint density at radius 1 is 1.48 bits per heavy atom. The number of carbonyl (C=O) groups is 3. The Bertz CT molecular complexity index is 1100. The van der Waals surface area contributed by atoms with Crippen LogP contribution in [0.2, 0.25) is 4.34 Å². The first-order chi connectivity index (χ1) is 14.8. The van der Waals surface area contributed by atoms with Gasteiger partial charge >= 0.3 is 5.97 Å². The van der Waals surface area contributed by atoms with Crippen LogP contribution in [0.15, 0.2) is 25.6 Å². The quantitative estimate of drug-likeness (QED) is 0.372. The van der Waals surface area contributed by atoms with Crippen molar-refractivity contribution in [2.24, 2.45) is 5.18 Å². The molecule has 0 aromatic carbocycles. The summed E-state index contributed by atoms with van der Waals surface area (Å²) in [6.45, 7) is 0. The van der Waals surface area contributed by atoms with Crippen molar-refractivity contribution in [3.63, 3.8) is 0 Å². The molecule has 0 bridgehead atoms. The summed E-state index contributed by atoms with van der Waals surface area (Å²) in [5, 5.41) is 22.6. The van der Waals surface area contributed by atoms with Crippen LogP contribution in [0, 0.1) is 4.91 Å². The topological polar surface area (TPSA) is 181 Å². The minimum absolute atomic E-state index is 0.0471. The summed E-state index contributed by atoms with van der Waals surface area (Å²) in [6, 6.07) is -3.14. The van der Waals surface area contributed by atoms with Gasteiger partial charge < -0.3 is 16.2 Å². The first kappa shape index (κ1) is 21.6. The van der Waals surface area contributed by atoms with Crippen LogP contribution in [-0.2, 0) is 14.4 Å². The minimum atomic E-state index is -1.58. The normalized spacial score (nSPS) is 21.3. The maximum atomic E-state index is 12.7. The third-order valence-electron chi connectivity index (χ3n) is 4.68. The van der Waals surface area contributed by atoms with Gasteiger partial charge in [-0.25, -0.2) is 9.78 Å². The van der Waals surface area contributed by atoms with Gasteiger partial charge in [0.2, 0.25) is 6.04 Å². The van der Waals surface area contributed by atoms with Crippen LogP contribution in [0.5, 0.6) is 0 Å². The van der Waals surface area contributed by atoms with Gasteiger partial charge in [0, 0.05) is 4.91 Å². The molecular formula is C15H12ClN7O5S3. The van der Waals surface area contributed by atoms with E-state index in [0.717, 1.165) is 28.0 Å². The monoisotopic (exact) mass is 501 g/mol. The first-order valence-corrected chi connectivity index (χ1v) is 11.5. The summed E-state index contributed by atoms with van der Waals surface area (Å²) in [5.74, 6) is -2.72. The highest BCUT2D eigenvalue weighted by Crippen LogP contribution is 2.43. The number of thiazole rings is 1. The Labute approximate surface area is 190 Å². The van der Waals surface area contributed by atoms with Gasteiger partial charge in [-0.2, -0.15) is 0 Å². The molecule has 2 aliphatic heterocycles. The zero-order chi connectivity index (χ0) is 22.3. The maximum absolute atomic E-state index is 12.7. The van der Waals surface area contributed by atoms with E-state index < -0.39 is 35.9 Å². The number of rotatable bonds is 7. The van der Waals surface area contributed by atoms with Crippen molar-refractivity contribution in [3.05, 3.63) is 31.1 Å². The van der Waals surface area contributed by atoms with Gasteiger partial charge in [-0.1, -0.05) is 46.0 Å². The number of aliphatic carboxylic acids is 1. The molecule has 2 amide bonds. The largest absolute Gasteiger partial charge is 0.477 e. The van der Waals surface area contributed by atoms with Gasteiger partial charge in [0.15, 0.2) is 9.47 Å². The Hall–Kier alpha value is -2.62. The fourth-order valence-electron chi connectivity index (χ4n) is 3.39. The number of hydrogen-bond donors (Lipinski definition) is 3. The highest BCUT2D eigenvalue weighted by molar-refractivity contribution is 8.04.